The predicted molar refractivity (Wildman–Crippen MR) is 284 cm³/mol. The highest BCUT2D eigenvalue weighted by Crippen LogP contribution is 2.38. The molecule has 0 radical (unpaired) electrons. The maximum atomic E-state index is 12.9. The fraction of sp³-hybridized carbons (Fsp3) is 0.877. The van der Waals surface area contributed by atoms with Crippen molar-refractivity contribution in [1.82, 2.24) is 5.32 Å². The number of hydrogen-bond donors (Lipinski definition) is 2. The number of nitrogens with zero attached hydrogens (tertiary/aromatic N) is 1. The molecule has 3 unspecified atom stereocenters. The zero-order chi connectivity index (χ0) is 48.5. The molecule has 66 heavy (non-hydrogen) atoms. The SMILES string of the molecule is CCCCCCCCCCCCCCCCC/C=C/CC/C=C/CC/C=C/C(O)C(COP(=O)([O-])OCC[N+](C)(C)C)NC(=O)CCCCCCCCCCCCCCCCCCCCC. The van der Waals surface area contributed by atoms with E-state index in [1.165, 1.54) is 205 Å². The molecule has 0 aromatic heterocycles. The minimum Gasteiger partial charge on any atom is -0.756 e. The molecule has 0 aliphatic carbocycles. The number of rotatable bonds is 52. The fourth-order valence-electron chi connectivity index (χ4n) is 8.36. The van der Waals surface area contributed by atoms with Crippen molar-refractivity contribution in [3.63, 3.8) is 0 Å². The van der Waals surface area contributed by atoms with E-state index in [-0.39, 0.29) is 12.5 Å². The van der Waals surface area contributed by atoms with Crippen LogP contribution in [0.5, 0.6) is 0 Å². The summed E-state index contributed by atoms with van der Waals surface area (Å²) in [5.74, 6) is -0.207. The van der Waals surface area contributed by atoms with Crippen LogP contribution in [0.15, 0.2) is 36.5 Å². The lowest BCUT2D eigenvalue weighted by Crippen LogP contribution is -2.45. The molecule has 0 rings (SSSR count). The first kappa shape index (κ1) is 64.7. The molecule has 0 bridgehead atoms. The van der Waals surface area contributed by atoms with Gasteiger partial charge in [0.25, 0.3) is 7.82 Å². The summed E-state index contributed by atoms with van der Waals surface area (Å²) < 4.78 is 23.3. The van der Waals surface area contributed by atoms with E-state index >= 15 is 0 Å². The zero-order valence-electron chi connectivity index (χ0n) is 44.4. The highest BCUT2D eigenvalue weighted by Gasteiger charge is 2.23. The largest absolute Gasteiger partial charge is 0.756 e. The summed E-state index contributed by atoms with van der Waals surface area (Å²) in [6.45, 7) is 4.66. The first-order chi connectivity index (χ1) is 32.0. The molecule has 0 aliphatic heterocycles. The number of quaternary nitrogens is 1. The van der Waals surface area contributed by atoms with Crippen LogP contribution in [0.25, 0.3) is 0 Å². The summed E-state index contributed by atoms with van der Waals surface area (Å²) in [7, 11) is 1.24. The number of likely N-dealkylation sites (N-methyl/N-ethyl adjacent to an activating group) is 1. The lowest BCUT2D eigenvalue weighted by atomic mass is 10.0. The van der Waals surface area contributed by atoms with E-state index in [2.05, 4.69) is 43.5 Å². The monoisotopic (exact) mass is 951 g/mol. The van der Waals surface area contributed by atoms with Crippen LogP contribution in [0.1, 0.15) is 271 Å². The van der Waals surface area contributed by atoms with E-state index in [1.54, 1.807) is 6.08 Å². The van der Waals surface area contributed by atoms with Crippen LogP contribution in [-0.2, 0) is 18.4 Å². The average molecular weight is 951 g/mol. The Balaban J connectivity index is 4.29. The van der Waals surface area contributed by atoms with E-state index in [4.69, 9.17) is 9.05 Å². The fourth-order valence-corrected chi connectivity index (χ4v) is 9.09. The Hall–Kier alpha value is -1.28. The number of hydrogen-bond acceptors (Lipinski definition) is 6. The maximum absolute atomic E-state index is 12.9. The molecule has 0 aromatic rings. The van der Waals surface area contributed by atoms with Gasteiger partial charge in [-0.05, 0) is 44.9 Å². The van der Waals surface area contributed by atoms with Crippen LogP contribution >= 0.6 is 7.82 Å². The molecule has 0 saturated heterocycles. The number of carbonyl (C=O) groups excluding carboxylic acids is 1. The van der Waals surface area contributed by atoms with Gasteiger partial charge in [-0.2, -0.15) is 0 Å². The third-order valence-corrected chi connectivity index (χ3v) is 13.8. The number of phosphoric acid groups is 1. The van der Waals surface area contributed by atoms with Crippen LogP contribution < -0.4 is 10.2 Å². The number of amides is 1. The van der Waals surface area contributed by atoms with Gasteiger partial charge in [0, 0.05) is 6.42 Å². The molecule has 390 valence electrons. The van der Waals surface area contributed by atoms with Crippen LogP contribution in [0.3, 0.4) is 0 Å². The van der Waals surface area contributed by atoms with Crippen LogP contribution in [0, 0.1) is 0 Å². The summed E-state index contributed by atoms with van der Waals surface area (Å²) >= 11 is 0. The van der Waals surface area contributed by atoms with Crippen molar-refractivity contribution in [1.29, 1.82) is 0 Å². The van der Waals surface area contributed by atoms with Crippen molar-refractivity contribution < 1.29 is 32.9 Å². The van der Waals surface area contributed by atoms with Gasteiger partial charge in [0.1, 0.15) is 13.2 Å². The van der Waals surface area contributed by atoms with E-state index < -0.39 is 26.6 Å². The highest BCUT2D eigenvalue weighted by atomic mass is 31.2. The van der Waals surface area contributed by atoms with Crippen molar-refractivity contribution in [2.24, 2.45) is 0 Å². The van der Waals surface area contributed by atoms with Gasteiger partial charge in [-0.3, -0.25) is 9.36 Å². The maximum Gasteiger partial charge on any atom is 0.268 e. The first-order valence-electron chi connectivity index (χ1n) is 28.4. The molecule has 0 heterocycles. The first-order valence-corrected chi connectivity index (χ1v) is 29.8. The summed E-state index contributed by atoms with van der Waals surface area (Å²) in [4.78, 5) is 25.5. The molecular formula is C57H111N2O6P. The lowest BCUT2D eigenvalue weighted by molar-refractivity contribution is -0.870. The molecule has 1 amide bonds. The third kappa shape index (κ3) is 50.6. The normalized spacial score (nSPS) is 14.2. The lowest BCUT2D eigenvalue weighted by Gasteiger charge is -2.29. The smallest absolute Gasteiger partial charge is 0.268 e. The Bertz CT molecular complexity index is 1170. The average Bonchev–Trinajstić information content (AvgIpc) is 3.28. The minimum absolute atomic E-state index is 0.00741. The van der Waals surface area contributed by atoms with E-state index in [0.717, 1.165) is 44.9 Å². The van der Waals surface area contributed by atoms with Gasteiger partial charge in [0.05, 0.1) is 39.9 Å². The summed E-state index contributed by atoms with van der Waals surface area (Å²) in [5, 5.41) is 13.9. The number of unbranched alkanes of at least 4 members (excludes halogenated alkanes) is 35. The molecular weight excluding hydrogens is 840 g/mol. The van der Waals surface area contributed by atoms with Gasteiger partial charge in [0.2, 0.25) is 5.91 Å². The standard InChI is InChI=1S/C57H111N2O6P/c1-6-8-10-12-14-16-18-20-22-24-26-27-28-29-30-31-33-34-36-38-40-42-44-46-48-50-56(60)55(54-65-66(62,63)64-53-52-59(3,4)5)58-57(61)51-49-47-45-43-41-39-37-35-32-25-23-21-19-17-15-13-11-9-7-2/h33-34,40,42,48,50,55-56,60H,6-32,35-39,41,43-47,49,51-54H2,1-5H3,(H-,58,61,62,63)/b34-33+,42-40+,50-48+. The molecule has 9 heteroatoms. The van der Waals surface area contributed by atoms with Crippen molar-refractivity contribution >= 4 is 13.7 Å². The topological polar surface area (TPSA) is 108 Å². The number of carbonyl (C=O) groups is 1. The number of phosphoric ester groups is 1. The van der Waals surface area contributed by atoms with Crippen molar-refractivity contribution in [2.75, 3.05) is 40.9 Å². The predicted octanol–water partition coefficient (Wildman–Crippen LogP) is 16.4. The Morgan fingerprint density at radius 3 is 1.23 bits per heavy atom. The number of nitrogens with one attached hydrogen (secondary N) is 1. The molecule has 2 N–H and O–H groups in total. The Morgan fingerprint density at radius 1 is 0.515 bits per heavy atom. The highest BCUT2D eigenvalue weighted by molar-refractivity contribution is 7.45. The second kappa shape index (κ2) is 48.7. The van der Waals surface area contributed by atoms with Gasteiger partial charge in [-0.1, -0.05) is 256 Å². The van der Waals surface area contributed by atoms with Crippen molar-refractivity contribution in [2.45, 2.75) is 283 Å². The number of aliphatic hydroxyl groups excluding tert-OH is 1. The van der Waals surface area contributed by atoms with Crippen LogP contribution in [0.4, 0.5) is 0 Å². The molecule has 8 nitrogen and oxygen atoms in total. The molecule has 0 aliphatic rings. The van der Waals surface area contributed by atoms with Crippen LogP contribution in [0.2, 0.25) is 0 Å². The Kier molecular flexibility index (Phi) is 47.8. The quantitative estimate of drug-likeness (QED) is 0.0272. The minimum atomic E-state index is -4.61. The van der Waals surface area contributed by atoms with Crippen molar-refractivity contribution in [3.8, 4) is 0 Å². The van der Waals surface area contributed by atoms with Gasteiger partial charge >= 0.3 is 0 Å². The summed E-state index contributed by atoms with van der Waals surface area (Å²) in [5.41, 5.74) is 0. The second-order valence-electron chi connectivity index (χ2n) is 20.6. The number of allylic oxidation sites excluding steroid dienone is 5. The molecule has 0 aromatic carbocycles. The zero-order valence-corrected chi connectivity index (χ0v) is 45.3. The van der Waals surface area contributed by atoms with Gasteiger partial charge in [-0.15, -0.1) is 0 Å². The van der Waals surface area contributed by atoms with Crippen molar-refractivity contribution in [3.05, 3.63) is 36.5 Å². The molecule has 0 spiro atoms. The van der Waals surface area contributed by atoms with Gasteiger partial charge < -0.3 is 28.8 Å². The third-order valence-electron chi connectivity index (χ3n) is 12.8. The molecule has 3 atom stereocenters. The summed E-state index contributed by atoms with van der Waals surface area (Å²) in [6.07, 6.45) is 62.2. The van der Waals surface area contributed by atoms with E-state index in [9.17, 15) is 19.4 Å². The second-order valence-corrected chi connectivity index (χ2v) is 22.0. The van der Waals surface area contributed by atoms with Gasteiger partial charge in [-0.25, -0.2) is 0 Å². The Labute approximate surface area is 410 Å². The van der Waals surface area contributed by atoms with E-state index in [0.29, 0.717) is 17.4 Å². The number of aliphatic hydroxyl groups is 1. The van der Waals surface area contributed by atoms with Crippen LogP contribution in [-0.4, -0.2) is 68.5 Å². The van der Waals surface area contributed by atoms with E-state index in [1.807, 2.05) is 27.2 Å². The Morgan fingerprint density at radius 2 is 0.848 bits per heavy atom. The molecule has 0 fully saturated rings. The summed E-state index contributed by atoms with van der Waals surface area (Å²) in [6, 6.07) is -0.907. The van der Waals surface area contributed by atoms with Gasteiger partial charge in [0.15, 0.2) is 0 Å². The molecule has 0 saturated carbocycles.